The number of rotatable bonds is 6. The standard InChI is InChI=1S/C21H23ClN4O3S/c22-18-7-6-17(30-18)20(27)24-12-16-13-26(21(28)29-16)15-5-3-4-14(10-15)11-19(23)25-8-1-2-9-25/h3-7,10,16,23H,1-2,8-9,11-13H2,(H,24,27). The molecule has 0 spiro atoms. The van der Waals surface area contributed by atoms with Crippen LogP contribution >= 0.6 is 22.9 Å². The van der Waals surface area contributed by atoms with Crippen molar-refractivity contribution in [2.24, 2.45) is 0 Å². The van der Waals surface area contributed by atoms with E-state index in [4.69, 9.17) is 21.7 Å². The summed E-state index contributed by atoms with van der Waals surface area (Å²) < 4.78 is 5.97. The Hall–Kier alpha value is -2.58. The molecule has 1 unspecified atom stereocenters. The third kappa shape index (κ3) is 4.76. The molecule has 2 fully saturated rings. The lowest BCUT2D eigenvalue weighted by Crippen LogP contribution is -2.34. The number of benzene rings is 1. The monoisotopic (exact) mass is 446 g/mol. The van der Waals surface area contributed by atoms with Crippen LogP contribution in [0.3, 0.4) is 0 Å². The fraction of sp³-hybridized carbons (Fsp3) is 0.381. The number of halogens is 1. The SMILES string of the molecule is N=C(Cc1cccc(N2CC(CNC(=O)c3ccc(Cl)s3)OC2=O)c1)N1CCCC1. The Bertz CT molecular complexity index is 957. The van der Waals surface area contributed by atoms with Crippen molar-refractivity contribution in [2.75, 3.05) is 31.1 Å². The van der Waals surface area contributed by atoms with Gasteiger partial charge < -0.3 is 15.0 Å². The molecule has 158 valence electrons. The van der Waals surface area contributed by atoms with E-state index in [1.54, 1.807) is 17.0 Å². The molecule has 7 nitrogen and oxygen atoms in total. The molecule has 2 aliphatic rings. The van der Waals surface area contributed by atoms with Gasteiger partial charge in [0.15, 0.2) is 0 Å². The van der Waals surface area contributed by atoms with Crippen LogP contribution in [0.4, 0.5) is 10.5 Å². The van der Waals surface area contributed by atoms with E-state index < -0.39 is 12.2 Å². The number of hydrogen-bond acceptors (Lipinski definition) is 5. The first-order valence-corrected chi connectivity index (χ1v) is 11.1. The first-order valence-electron chi connectivity index (χ1n) is 9.92. The van der Waals surface area contributed by atoms with Gasteiger partial charge in [-0.15, -0.1) is 11.3 Å². The van der Waals surface area contributed by atoms with Gasteiger partial charge in [-0.25, -0.2) is 4.79 Å². The number of amidine groups is 1. The van der Waals surface area contributed by atoms with E-state index in [-0.39, 0.29) is 12.5 Å². The van der Waals surface area contributed by atoms with Crippen molar-refractivity contribution in [3.05, 3.63) is 51.2 Å². The highest BCUT2D eigenvalue weighted by molar-refractivity contribution is 7.18. The molecule has 2 aliphatic heterocycles. The summed E-state index contributed by atoms with van der Waals surface area (Å²) in [7, 11) is 0. The molecule has 1 atom stereocenters. The zero-order valence-electron chi connectivity index (χ0n) is 16.4. The second-order valence-electron chi connectivity index (χ2n) is 7.42. The van der Waals surface area contributed by atoms with Crippen molar-refractivity contribution in [2.45, 2.75) is 25.4 Å². The van der Waals surface area contributed by atoms with Crippen molar-refractivity contribution < 1.29 is 14.3 Å². The number of likely N-dealkylation sites (tertiary alicyclic amines) is 1. The summed E-state index contributed by atoms with van der Waals surface area (Å²) >= 11 is 7.07. The molecule has 0 bridgehead atoms. The molecule has 3 heterocycles. The molecular formula is C21H23ClN4O3S. The molecule has 2 N–H and O–H groups in total. The Morgan fingerprint density at radius 2 is 2.07 bits per heavy atom. The number of nitrogens with zero attached hydrogens (tertiary/aromatic N) is 2. The van der Waals surface area contributed by atoms with E-state index in [0.29, 0.717) is 28.0 Å². The van der Waals surface area contributed by atoms with Gasteiger partial charge in [0.05, 0.1) is 22.3 Å². The van der Waals surface area contributed by atoms with E-state index in [1.807, 2.05) is 24.3 Å². The van der Waals surface area contributed by atoms with Crippen LogP contribution in [0.25, 0.3) is 0 Å². The second-order valence-corrected chi connectivity index (χ2v) is 9.13. The van der Waals surface area contributed by atoms with Crippen molar-refractivity contribution >= 4 is 46.5 Å². The van der Waals surface area contributed by atoms with Gasteiger partial charge in [0.2, 0.25) is 0 Å². The van der Waals surface area contributed by atoms with Crippen LogP contribution in [0.1, 0.15) is 28.1 Å². The lowest BCUT2D eigenvalue weighted by molar-refractivity contribution is 0.0920. The van der Waals surface area contributed by atoms with Gasteiger partial charge >= 0.3 is 6.09 Å². The Kier molecular flexibility index (Phi) is 6.24. The largest absolute Gasteiger partial charge is 0.442 e. The summed E-state index contributed by atoms with van der Waals surface area (Å²) in [5.74, 6) is 0.381. The molecule has 0 saturated carbocycles. The first kappa shape index (κ1) is 20.7. The summed E-state index contributed by atoms with van der Waals surface area (Å²) in [6.07, 6.45) is 1.96. The molecule has 1 aromatic heterocycles. The predicted octanol–water partition coefficient (Wildman–Crippen LogP) is 3.77. The lowest BCUT2D eigenvalue weighted by Gasteiger charge is -2.19. The van der Waals surface area contributed by atoms with Crippen molar-refractivity contribution in [1.29, 1.82) is 5.41 Å². The lowest BCUT2D eigenvalue weighted by atomic mass is 10.1. The van der Waals surface area contributed by atoms with Crippen molar-refractivity contribution in [3.63, 3.8) is 0 Å². The Morgan fingerprint density at radius 3 is 2.80 bits per heavy atom. The molecule has 0 radical (unpaired) electrons. The fourth-order valence-corrected chi connectivity index (χ4v) is 4.65. The normalized spacial score (nSPS) is 18.6. The van der Waals surface area contributed by atoms with Crippen LogP contribution in [0.2, 0.25) is 4.34 Å². The van der Waals surface area contributed by atoms with E-state index in [1.165, 1.54) is 11.3 Å². The number of nitrogens with one attached hydrogen (secondary N) is 2. The summed E-state index contributed by atoms with van der Waals surface area (Å²) in [6.45, 7) is 2.48. The maximum atomic E-state index is 12.4. The predicted molar refractivity (Wildman–Crippen MR) is 118 cm³/mol. The molecule has 30 heavy (non-hydrogen) atoms. The molecule has 2 aromatic rings. The van der Waals surface area contributed by atoms with Gasteiger partial charge in [0.25, 0.3) is 5.91 Å². The minimum absolute atomic E-state index is 0.232. The zero-order chi connectivity index (χ0) is 21.1. The van der Waals surface area contributed by atoms with E-state index in [2.05, 4.69) is 10.2 Å². The fourth-order valence-electron chi connectivity index (χ4n) is 3.70. The van der Waals surface area contributed by atoms with Gasteiger partial charge in [-0.1, -0.05) is 23.7 Å². The number of hydrogen-bond donors (Lipinski definition) is 2. The van der Waals surface area contributed by atoms with Crippen LogP contribution < -0.4 is 10.2 Å². The van der Waals surface area contributed by atoms with Crippen molar-refractivity contribution in [1.82, 2.24) is 10.2 Å². The molecule has 2 saturated heterocycles. The maximum Gasteiger partial charge on any atom is 0.414 e. The van der Waals surface area contributed by atoms with Gasteiger partial charge in [-0.05, 0) is 42.7 Å². The highest BCUT2D eigenvalue weighted by Crippen LogP contribution is 2.24. The van der Waals surface area contributed by atoms with Gasteiger partial charge in [0, 0.05) is 25.2 Å². The van der Waals surface area contributed by atoms with Crippen LogP contribution in [-0.4, -0.2) is 55.0 Å². The molecule has 4 rings (SSSR count). The molecule has 0 aliphatic carbocycles. The highest BCUT2D eigenvalue weighted by atomic mass is 35.5. The quantitative estimate of drug-likeness (QED) is 0.522. The number of ether oxygens (including phenoxy) is 1. The zero-order valence-corrected chi connectivity index (χ0v) is 18.0. The highest BCUT2D eigenvalue weighted by Gasteiger charge is 2.32. The van der Waals surface area contributed by atoms with E-state index in [9.17, 15) is 9.59 Å². The number of cyclic esters (lactones) is 1. The number of carbonyl (C=O) groups excluding carboxylic acids is 2. The third-order valence-corrected chi connectivity index (χ3v) is 6.47. The Balaban J connectivity index is 1.34. The summed E-state index contributed by atoms with van der Waals surface area (Å²) in [6, 6.07) is 11.0. The first-order chi connectivity index (χ1) is 14.5. The maximum absolute atomic E-state index is 12.4. The topological polar surface area (TPSA) is 85.7 Å². The molecular weight excluding hydrogens is 424 g/mol. The van der Waals surface area contributed by atoms with Gasteiger partial charge in [-0.3, -0.25) is 15.1 Å². The molecule has 2 amide bonds. The smallest absolute Gasteiger partial charge is 0.414 e. The summed E-state index contributed by atoms with van der Waals surface area (Å²) in [5, 5.41) is 11.1. The average Bonchev–Trinajstić information content (AvgIpc) is 3.47. The number of anilines is 1. The summed E-state index contributed by atoms with van der Waals surface area (Å²) in [5.41, 5.74) is 1.73. The van der Waals surface area contributed by atoms with Crippen molar-refractivity contribution in [3.8, 4) is 0 Å². The number of carbonyl (C=O) groups is 2. The average molecular weight is 447 g/mol. The summed E-state index contributed by atoms with van der Waals surface area (Å²) in [4.78, 5) is 28.7. The third-order valence-electron chi connectivity index (χ3n) is 5.24. The van der Waals surface area contributed by atoms with Gasteiger partial charge in [0.1, 0.15) is 11.9 Å². The van der Waals surface area contributed by atoms with Crippen LogP contribution in [0.5, 0.6) is 0 Å². The van der Waals surface area contributed by atoms with Crippen LogP contribution in [-0.2, 0) is 11.2 Å². The Morgan fingerprint density at radius 1 is 1.27 bits per heavy atom. The second kappa shape index (κ2) is 9.06. The molecule has 9 heteroatoms. The minimum Gasteiger partial charge on any atom is -0.442 e. The van der Waals surface area contributed by atoms with Gasteiger partial charge in [-0.2, -0.15) is 0 Å². The number of amides is 2. The Labute approximate surface area is 184 Å². The van der Waals surface area contributed by atoms with E-state index >= 15 is 0 Å². The van der Waals surface area contributed by atoms with E-state index in [0.717, 1.165) is 37.2 Å². The van der Waals surface area contributed by atoms with Crippen LogP contribution in [0, 0.1) is 5.41 Å². The number of thiophene rings is 1. The minimum atomic E-state index is -0.430. The van der Waals surface area contributed by atoms with Crippen LogP contribution in [0.15, 0.2) is 36.4 Å². The molecule has 1 aromatic carbocycles.